The Labute approximate surface area is 244 Å². The van der Waals surface area contributed by atoms with E-state index in [-0.39, 0.29) is 35.9 Å². The summed E-state index contributed by atoms with van der Waals surface area (Å²) in [7, 11) is 0. The topological polar surface area (TPSA) is 221 Å². The molecule has 2 heterocycles. The van der Waals surface area contributed by atoms with Gasteiger partial charge in [-0.1, -0.05) is 19.4 Å². The average molecular weight is 620 g/mol. The number of aromatic nitrogens is 2. The lowest BCUT2D eigenvalue weighted by Gasteiger charge is -2.07. The number of rotatable bonds is 18. The predicted octanol–water partition coefficient (Wildman–Crippen LogP) is 2.37. The van der Waals surface area contributed by atoms with E-state index in [2.05, 4.69) is 15.7 Å². The van der Waals surface area contributed by atoms with E-state index in [9.17, 15) is 27.6 Å². The van der Waals surface area contributed by atoms with E-state index in [4.69, 9.17) is 33.7 Å². The molecule has 0 fully saturated rings. The molecule has 2 atom stereocenters. The van der Waals surface area contributed by atoms with Crippen molar-refractivity contribution in [3.63, 3.8) is 0 Å². The Morgan fingerprint density at radius 1 is 1.07 bits per heavy atom. The van der Waals surface area contributed by atoms with Crippen molar-refractivity contribution in [2.75, 3.05) is 13.2 Å². The highest BCUT2D eigenvalue weighted by molar-refractivity contribution is 5.85. The van der Waals surface area contributed by atoms with E-state index in [1.54, 1.807) is 6.08 Å². The van der Waals surface area contributed by atoms with Crippen LogP contribution in [0.25, 0.3) is 6.08 Å². The Hall–Kier alpha value is -4.05. The van der Waals surface area contributed by atoms with Gasteiger partial charge in [0.1, 0.15) is 30.9 Å². The zero-order valence-electron chi connectivity index (χ0n) is 23.6. The first-order chi connectivity index (χ1) is 20.2. The maximum absolute atomic E-state index is 12.2. The van der Waals surface area contributed by atoms with Gasteiger partial charge >= 0.3 is 18.1 Å². The lowest BCUT2D eigenvalue weighted by molar-refractivity contribution is -0.437. The molecular formula is C27H36F3N3O10. The number of nitrogens with zero attached hydrogens (tertiary/aromatic N) is 2. The van der Waals surface area contributed by atoms with Gasteiger partial charge < -0.3 is 39.4 Å². The van der Waals surface area contributed by atoms with Crippen molar-refractivity contribution in [1.29, 1.82) is 0 Å². The molecular weight excluding hydrogens is 583 g/mol. The smallest absolute Gasteiger partial charge is 0.430 e. The Morgan fingerprint density at radius 3 is 2.35 bits per heavy atom. The number of ether oxygens (including phenoxy) is 1. The van der Waals surface area contributed by atoms with Gasteiger partial charge in [-0.15, -0.1) is 0 Å². The van der Waals surface area contributed by atoms with Crippen molar-refractivity contribution in [1.82, 2.24) is 9.97 Å². The largest absolute Gasteiger partial charge is 0.542 e. The fourth-order valence-corrected chi connectivity index (χ4v) is 3.38. The number of hydrogen-bond donors (Lipinski definition) is 3. The summed E-state index contributed by atoms with van der Waals surface area (Å²) in [6.07, 6.45) is 6.45. The van der Waals surface area contributed by atoms with Crippen LogP contribution in [0.15, 0.2) is 27.4 Å². The minimum absolute atomic E-state index is 0.0713. The third-order valence-electron chi connectivity index (χ3n) is 5.75. The van der Waals surface area contributed by atoms with Crippen molar-refractivity contribution >= 4 is 29.8 Å². The zero-order chi connectivity index (χ0) is 32.4. The Bertz CT molecular complexity index is 1190. The van der Waals surface area contributed by atoms with E-state index in [1.165, 1.54) is 6.26 Å². The summed E-state index contributed by atoms with van der Waals surface area (Å²) in [6.45, 7) is 2.11. The predicted molar refractivity (Wildman–Crippen MR) is 139 cm³/mol. The molecule has 240 valence electrons. The number of carbonyl (C=O) groups excluding carboxylic acids is 3. The van der Waals surface area contributed by atoms with Gasteiger partial charge in [0.05, 0.1) is 12.3 Å². The molecule has 2 aromatic heterocycles. The standard InChI is InChI=1S/C25H35N3O8.C2HF3O2/c1-17(20-15-36-24(28-20)19(26)14-29)13-18(30)9-5-4-7-11-23(31)34-12-8-3-2-6-10-22-27-21(16-35-22)25(32)33;3-2(4,5)1(6)7/h6,10,15-17,19,29H,2-5,7-9,11-14,26H2,1H3,(H,32,33);(H,6,7)/b10-6+;. The number of allylic oxidation sites excluding steroid dienone is 1. The molecule has 0 bridgehead atoms. The number of aromatic carboxylic acids is 1. The van der Waals surface area contributed by atoms with Crippen molar-refractivity contribution in [3.05, 3.63) is 41.8 Å². The van der Waals surface area contributed by atoms with Gasteiger partial charge in [0, 0.05) is 25.2 Å². The van der Waals surface area contributed by atoms with Gasteiger partial charge in [-0.3, -0.25) is 9.59 Å². The van der Waals surface area contributed by atoms with Gasteiger partial charge in [0.2, 0.25) is 5.89 Å². The number of carboxylic acids is 2. The molecule has 13 nitrogen and oxygen atoms in total. The number of carboxylic acid groups (broad SMARTS) is 2. The van der Waals surface area contributed by atoms with E-state index in [1.807, 2.05) is 13.0 Å². The monoisotopic (exact) mass is 619 g/mol. The number of ketones is 1. The third-order valence-corrected chi connectivity index (χ3v) is 5.75. The number of aliphatic hydroxyl groups is 1. The number of quaternary nitrogens is 1. The summed E-state index contributed by atoms with van der Waals surface area (Å²) in [5, 5.41) is 26.7. The van der Waals surface area contributed by atoms with E-state index in [0.717, 1.165) is 38.4 Å². The molecule has 0 saturated carbocycles. The van der Waals surface area contributed by atoms with Gasteiger partial charge in [-0.05, 0) is 38.2 Å². The number of oxazole rings is 2. The molecule has 0 aliphatic heterocycles. The van der Waals surface area contributed by atoms with Gasteiger partial charge in [0.15, 0.2) is 11.7 Å². The first-order valence-electron chi connectivity index (χ1n) is 13.4. The van der Waals surface area contributed by atoms with Crippen LogP contribution in [0.1, 0.15) is 105 Å². The fraction of sp³-hybridized carbons (Fsp3) is 0.556. The maximum atomic E-state index is 12.2. The number of unbranched alkanes of at least 4 members (excludes halogenated alkanes) is 4. The normalized spacial score (nSPS) is 12.8. The van der Waals surface area contributed by atoms with Crippen LogP contribution in [-0.4, -0.2) is 63.3 Å². The quantitative estimate of drug-likeness (QED) is 0.162. The molecule has 0 radical (unpaired) electrons. The first kappa shape index (κ1) is 37.0. The first-order valence-corrected chi connectivity index (χ1v) is 13.4. The second-order valence-electron chi connectivity index (χ2n) is 9.47. The second-order valence-corrected chi connectivity index (χ2v) is 9.47. The summed E-state index contributed by atoms with van der Waals surface area (Å²) >= 11 is 0. The Morgan fingerprint density at radius 2 is 1.74 bits per heavy atom. The van der Waals surface area contributed by atoms with Crippen LogP contribution in [0.3, 0.4) is 0 Å². The summed E-state index contributed by atoms with van der Waals surface area (Å²) in [4.78, 5) is 51.7. The molecule has 5 N–H and O–H groups in total. The number of esters is 1. The molecule has 2 unspecified atom stereocenters. The van der Waals surface area contributed by atoms with Crippen LogP contribution >= 0.6 is 0 Å². The average Bonchev–Trinajstić information content (AvgIpc) is 3.62. The molecule has 0 saturated heterocycles. The number of aliphatic hydroxyl groups excluding tert-OH is 1. The van der Waals surface area contributed by atoms with Crippen molar-refractivity contribution < 1.29 is 67.0 Å². The van der Waals surface area contributed by atoms with Gasteiger partial charge in [0.25, 0.3) is 5.89 Å². The summed E-state index contributed by atoms with van der Waals surface area (Å²) < 4.78 is 47.1. The number of Topliss-reactive ketones (excluding diaryl/α,β-unsaturated/α-hetero) is 1. The van der Waals surface area contributed by atoms with Crippen LogP contribution in [0.5, 0.6) is 0 Å². The lowest BCUT2D eigenvalue weighted by atomic mass is 9.98. The highest BCUT2D eigenvalue weighted by Gasteiger charge is 2.28. The van der Waals surface area contributed by atoms with Gasteiger partial charge in [-0.2, -0.15) is 13.2 Å². The van der Waals surface area contributed by atoms with E-state index in [0.29, 0.717) is 43.9 Å². The molecule has 0 amide bonds. The van der Waals surface area contributed by atoms with E-state index < -0.39 is 24.2 Å². The van der Waals surface area contributed by atoms with Crippen LogP contribution in [-0.2, 0) is 19.1 Å². The summed E-state index contributed by atoms with van der Waals surface area (Å²) in [6, 6.07) is -0.418. The Balaban J connectivity index is 0.00000117. The molecule has 2 rings (SSSR count). The number of hydrogen-bond acceptors (Lipinski definition) is 11. The van der Waals surface area contributed by atoms with Crippen LogP contribution in [0.2, 0.25) is 0 Å². The Kier molecular flexibility index (Phi) is 16.5. The van der Waals surface area contributed by atoms with Crippen molar-refractivity contribution in [2.24, 2.45) is 0 Å². The maximum Gasteiger partial charge on any atom is 0.430 e. The second kappa shape index (κ2) is 19.2. The fourth-order valence-electron chi connectivity index (χ4n) is 3.38. The van der Waals surface area contributed by atoms with Gasteiger partial charge in [-0.25, -0.2) is 14.8 Å². The SMILES string of the molecule is CC(CC(=O)CCCCCC(=O)OCCCC/C=C/c1nc(C(=O)O)co1)c1coc(C([NH3+])CO)n1.O=C([O-])C(F)(F)F. The summed E-state index contributed by atoms with van der Waals surface area (Å²) in [5.41, 5.74) is 4.30. The van der Waals surface area contributed by atoms with Crippen molar-refractivity contribution in [2.45, 2.75) is 82.8 Å². The van der Waals surface area contributed by atoms with Crippen LogP contribution in [0.4, 0.5) is 13.2 Å². The summed E-state index contributed by atoms with van der Waals surface area (Å²) in [5.74, 6) is -3.70. The number of carbonyl (C=O) groups is 4. The molecule has 2 aromatic rings. The lowest BCUT2D eigenvalue weighted by Crippen LogP contribution is -2.55. The number of alkyl halides is 3. The molecule has 0 spiro atoms. The zero-order valence-corrected chi connectivity index (χ0v) is 23.6. The minimum atomic E-state index is -5.19. The van der Waals surface area contributed by atoms with Crippen molar-refractivity contribution in [3.8, 4) is 0 Å². The molecule has 43 heavy (non-hydrogen) atoms. The molecule has 0 aliphatic rings. The number of halogens is 3. The molecule has 0 aromatic carbocycles. The van der Waals surface area contributed by atoms with Crippen LogP contribution < -0.4 is 10.8 Å². The molecule has 0 aliphatic carbocycles. The van der Waals surface area contributed by atoms with E-state index >= 15 is 0 Å². The molecule has 16 heteroatoms. The highest BCUT2D eigenvalue weighted by Crippen LogP contribution is 2.21. The highest BCUT2D eigenvalue weighted by atomic mass is 19.4. The minimum Gasteiger partial charge on any atom is -0.542 e. The number of aliphatic carboxylic acids is 1. The van der Waals surface area contributed by atoms with Crippen LogP contribution in [0, 0.1) is 0 Å². The third kappa shape index (κ3) is 15.7.